The van der Waals surface area contributed by atoms with Gasteiger partial charge in [0.15, 0.2) is 5.11 Å². The van der Waals surface area contributed by atoms with Gasteiger partial charge in [0.2, 0.25) is 5.91 Å². The molecular weight excluding hydrogens is 406 g/mol. The number of hydrogen-bond donors (Lipinski definition) is 2. The van der Waals surface area contributed by atoms with Gasteiger partial charge in [-0.3, -0.25) is 9.10 Å². The zero-order valence-corrected chi connectivity index (χ0v) is 17.9. The van der Waals surface area contributed by atoms with Gasteiger partial charge < -0.3 is 10.6 Å². The van der Waals surface area contributed by atoms with E-state index in [1.54, 1.807) is 36.4 Å². The van der Waals surface area contributed by atoms with Crippen LogP contribution in [0.3, 0.4) is 0 Å². The summed E-state index contributed by atoms with van der Waals surface area (Å²) in [6.45, 7) is 0. The number of nitrogens with one attached hydrogen (secondary N) is 2. The van der Waals surface area contributed by atoms with Gasteiger partial charge in [-0.1, -0.05) is 37.5 Å². The Morgan fingerprint density at radius 2 is 1.62 bits per heavy atom. The van der Waals surface area contributed by atoms with Crippen LogP contribution < -0.4 is 14.9 Å². The van der Waals surface area contributed by atoms with Crippen LogP contribution in [0.15, 0.2) is 59.5 Å². The van der Waals surface area contributed by atoms with E-state index in [0.29, 0.717) is 11.4 Å². The van der Waals surface area contributed by atoms with Crippen molar-refractivity contribution in [2.24, 2.45) is 5.92 Å². The number of anilines is 2. The molecule has 1 fully saturated rings. The third kappa shape index (κ3) is 5.33. The molecule has 0 bridgehead atoms. The van der Waals surface area contributed by atoms with Crippen molar-refractivity contribution in [1.82, 2.24) is 5.32 Å². The van der Waals surface area contributed by atoms with E-state index in [2.05, 4.69) is 10.6 Å². The summed E-state index contributed by atoms with van der Waals surface area (Å²) in [6.07, 6.45) is 5.13. The Bertz CT molecular complexity index is 954. The van der Waals surface area contributed by atoms with E-state index in [-0.39, 0.29) is 21.8 Å². The van der Waals surface area contributed by atoms with Crippen LogP contribution >= 0.6 is 12.2 Å². The Kier molecular flexibility index (Phi) is 6.87. The van der Waals surface area contributed by atoms with Crippen molar-refractivity contribution in [1.29, 1.82) is 0 Å². The van der Waals surface area contributed by atoms with Gasteiger partial charge in [0, 0.05) is 18.7 Å². The van der Waals surface area contributed by atoms with E-state index in [9.17, 15) is 13.2 Å². The smallest absolute Gasteiger partial charge is 0.264 e. The second-order valence-electron chi connectivity index (χ2n) is 7.11. The molecule has 0 heterocycles. The number of amides is 1. The predicted molar refractivity (Wildman–Crippen MR) is 119 cm³/mol. The van der Waals surface area contributed by atoms with E-state index in [1.807, 2.05) is 6.07 Å². The Labute approximate surface area is 177 Å². The minimum absolute atomic E-state index is 0.0181. The highest BCUT2D eigenvalue weighted by Crippen LogP contribution is 2.24. The minimum atomic E-state index is -3.67. The van der Waals surface area contributed by atoms with Crippen molar-refractivity contribution in [2.45, 2.75) is 37.0 Å². The number of rotatable bonds is 5. The van der Waals surface area contributed by atoms with Gasteiger partial charge in [-0.25, -0.2) is 8.42 Å². The summed E-state index contributed by atoms with van der Waals surface area (Å²) in [7, 11) is -2.15. The summed E-state index contributed by atoms with van der Waals surface area (Å²) in [5, 5.41) is 5.90. The molecule has 29 heavy (non-hydrogen) atoms. The first-order valence-corrected chi connectivity index (χ1v) is 11.5. The maximum absolute atomic E-state index is 12.8. The normalized spacial score (nSPS) is 14.8. The van der Waals surface area contributed by atoms with Gasteiger partial charge in [0.25, 0.3) is 10.0 Å². The van der Waals surface area contributed by atoms with Crippen molar-refractivity contribution in [3.63, 3.8) is 0 Å². The molecule has 0 aliphatic heterocycles. The number of hydrogen-bond acceptors (Lipinski definition) is 4. The van der Waals surface area contributed by atoms with Crippen molar-refractivity contribution in [3.05, 3.63) is 54.6 Å². The Morgan fingerprint density at radius 1 is 1.00 bits per heavy atom. The number of nitrogens with zero attached hydrogens (tertiary/aromatic N) is 1. The number of sulfonamides is 1. The highest BCUT2D eigenvalue weighted by atomic mass is 32.2. The molecule has 1 aliphatic rings. The molecule has 154 valence electrons. The second kappa shape index (κ2) is 9.37. The topological polar surface area (TPSA) is 78.5 Å². The lowest BCUT2D eigenvalue weighted by atomic mass is 9.89. The molecule has 0 aromatic heterocycles. The maximum Gasteiger partial charge on any atom is 0.264 e. The number of carbonyl (C=O) groups excluding carboxylic acids is 1. The lowest BCUT2D eigenvalue weighted by molar-refractivity contribution is -0.124. The fourth-order valence-electron chi connectivity index (χ4n) is 3.39. The number of thiocarbonyl (C=S) groups is 1. The molecule has 1 amide bonds. The quantitative estimate of drug-likeness (QED) is 0.702. The second-order valence-corrected chi connectivity index (χ2v) is 9.49. The van der Waals surface area contributed by atoms with Crippen LogP contribution in [0.1, 0.15) is 32.1 Å². The molecule has 2 aromatic carbocycles. The number of carbonyl (C=O) groups is 1. The van der Waals surface area contributed by atoms with Gasteiger partial charge in [-0.15, -0.1) is 0 Å². The zero-order chi connectivity index (χ0) is 20.9. The van der Waals surface area contributed by atoms with Crippen molar-refractivity contribution >= 4 is 44.6 Å². The highest BCUT2D eigenvalue weighted by molar-refractivity contribution is 7.92. The fraction of sp³-hybridized carbons (Fsp3) is 0.333. The molecule has 0 radical (unpaired) electrons. The summed E-state index contributed by atoms with van der Waals surface area (Å²) in [4.78, 5) is 12.4. The third-order valence-electron chi connectivity index (χ3n) is 5.10. The van der Waals surface area contributed by atoms with Gasteiger partial charge in [0.1, 0.15) is 0 Å². The van der Waals surface area contributed by atoms with Crippen LogP contribution in [-0.2, 0) is 14.8 Å². The minimum Gasteiger partial charge on any atom is -0.332 e. The number of benzene rings is 2. The van der Waals surface area contributed by atoms with Gasteiger partial charge in [-0.05, 0) is 61.5 Å². The SMILES string of the molecule is CN(c1ccccc1)S(=O)(=O)c1ccc(NC(=S)NC(=O)C2CCCCC2)cc1. The van der Waals surface area contributed by atoms with Crippen LogP contribution in [0, 0.1) is 5.92 Å². The predicted octanol–water partition coefficient (Wildman–Crippen LogP) is 3.91. The van der Waals surface area contributed by atoms with Gasteiger partial charge in [-0.2, -0.15) is 0 Å². The van der Waals surface area contributed by atoms with E-state index in [4.69, 9.17) is 12.2 Å². The fourth-order valence-corrected chi connectivity index (χ4v) is 4.80. The summed E-state index contributed by atoms with van der Waals surface area (Å²) < 4.78 is 26.9. The van der Waals surface area contributed by atoms with Gasteiger partial charge >= 0.3 is 0 Å². The third-order valence-corrected chi connectivity index (χ3v) is 7.11. The Balaban J connectivity index is 1.62. The van der Waals surface area contributed by atoms with E-state index in [1.165, 1.54) is 29.9 Å². The summed E-state index contributed by atoms with van der Waals surface area (Å²) >= 11 is 5.22. The Morgan fingerprint density at radius 3 is 2.24 bits per heavy atom. The van der Waals surface area contributed by atoms with Gasteiger partial charge in [0.05, 0.1) is 10.6 Å². The molecule has 0 atom stereocenters. The average molecular weight is 432 g/mol. The van der Waals surface area contributed by atoms with Crippen LogP contribution in [0.2, 0.25) is 0 Å². The molecule has 1 saturated carbocycles. The average Bonchev–Trinajstić information content (AvgIpc) is 2.74. The van der Waals surface area contributed by atoms with E-state index >= 15 is 0 Å². The van der Waals surface area contributed by atoms with Crippen molar-refractivity contribution < 1.29 is 13.2 Å². The van der Waals surface area contributed by atoms with Crippen LogP contribution in [0.25, 0.3) is 0 Å². The molecule has 2 N–H and O–H groups in total. The molecule has 0 unspecified atom stereocenters. The number of para-hydroxylation sites is 1. The molecule has 0 spiro atoms. The highest BCUT2D eigenvalue weighted by Gasteiger charge is 2.22. The molecule has 6 nitrogen and oxygen atoms in total. The maximum atomic E-state index is 12.8. The molecule has 8 heteroatoms. The first-order valence-electron chi connectivity index (χ1n) is 9.64. The monoisotopic (exact) mass is 431 g/mol. The van der Waals surface area contributed by atoms with Crippen LogP contribution in [0.5, 0.6) is 0 Å². The standard InChI is InChI=1S/C21H25N3O3S2/c1-24(18-10-6-3-7-11-18)29(26,27)19-14-12-17(13-15-19)22-21(28)23-20(25)16-8-4-2-5-9-16/h3,6-7,10-16H,2,4-5,8-9H2,1H3,(H2,22,23,25,28). The van der Waals surface area contributed by atoms with Crippen LogP contribution in [-0.4, -0.2) is 26.5 Å². The van der Waals surface area contributed by atoms with Crippen molar-refractivity contribution in [3.8, 4) is 0 Å². The zero-order valence-electron chi connectivity index (χ0n) is 16.3. The lowest BCUT2D eigenvalue weighted by Crippen LogP contribution is -2.39. The molecule has 2 aromatic rings. The lowest BCUT2D eigenvalue weighted by Gasteiger charge is -2.21. The molecule has 1 aliphatic carbocycles. The first kappa shape index (κ1) is 21.3. The largest absolute Gasteiger partial charge is 0.332 e. The van der Waals surface area contributed by atoms with Crippen molar-refractivity contribution in [2.75, 3.05) is 16.7 Å². The molecular formula is C21H25N3O3S2. The van der Waals surface area contributed by atoms with E-state index < -0.39 is 10.0 Å². The molecule has 0 saturated heterocycles. The summed E-state index contributed by atoms with van der Waals surface area (Å²) in [5.41, 5.74) is 1.20. The first-order chi connectivity index (χ1) is 13.9. The van der Waals surface area contributed by atoms with E-state index in [0.717, 1.165) is 25.7 Å². The van der Waals surface area contributed by atoms with Crippen LogP contribution in [0.4, 0.5) is 11.4 Å². The molecule has 3 rings (SSSR count). The summed E-state index contributed by atoms with van der Waals surface area (Å²) in [6, 6.07) is 15.2. The Hall–Kier alpha value is -2.45. The summed E-state index contributed by atoms with van der Waals surface area (Å²) in [5.74, 6) is -0.0320.